The molecule has 2 aromatic rings. The fourth-order valence-corrected chi connectivity index (χ4v) is 2.88. The van der Waals surface area contributed by atoms with Crippen molar-refractivity contribution in [3.8, 4) is 0 Å². The lowest BCUT2D eigenvalue weighted by molar-refractivity contribution is -0.142. The summed E-state index contributed by atoms with van der Waals surface area (Å²) in [6, 6.07) is 15.7. The topological polar surface area (TPSA) is 151 Å². The van der Waals surface area contributed by atoms with Crippen molar-refractivity contribution in [3.63, 3.8) is 0 Å². The van der Waals surface area contributed by atoms with Crippen LogP contribution in [0.1, 0.15) is 11.1 Å². The van der Waals surface area contributed by atoms with Crippen molar-refractivity contribution in [2.75, 3.05) is 13.1 Å². The van der Waals surface area contributed by atoms with E-state index in [1.54, 1.807) is 48.5 Å². The zero-order valence-electron chi connectivity index (χ0n) is 16.9. The number of carbonyl (C=O) groups excluding carboxylic acids is 3. The predicted molar refractivity (Wildman–Crippen MR) is 114 cm³/mol. The van der Waals surface area contributed by atoms with Gasteiger partial charge in [0, 0.05) is 12.8 Å². The maximum Gasteiger partial charge on any atom is 0.326 e. The van der Waals surface area contributed by atoms with Gasteiger partial charge in [-0.1, -0.05) is 60.7 Å². The molecule has 0 aliphatic heterocycles. The molecule has 0 bridgehead atoms. The number of aliphatic carboxylic acids is 1. The van der Waals surface area contributed by atoms with Crippen molar-refractivity contribution >= 4 is 23.7 Å². The smallest absolute Gasteiger partial charge is 0.326 e. The summed E-state index contributed by atoms with van der Waals surface area (Å²) in [5.74, 6) is -2.91. The van der Waals surface area contributed by atoms with Gasteiger partial charge in [-0.15, -0.1) is 0 Å². The summed E-state index contributed by atoms with van der Waals surface area (Å²) in [4.78, 5) is 48.1. The van der Waals surface area contributed by atoms with Crippen LogP contribution in [0, 0.1) is 0 Å². The minimum Gasteiger partial charge on any atom is -0.480 e. The fourth-order valence-electron chi connectivity index (χ4n) is 2.88. The van der Waals surface area contributed by atoms with E-state index in [2.05, 4.69) is 16.0 Å². The molecule has 0 heterocycles. The maximum atomic E-state index is 12.9. The number of hydrogen-bond donors (Lipinski definition) is 5. The van der Waals surface area contributed by atoms with Gasteiger partial charge in [-0.05, 0) is 11.1 Å². The van der Waals surface area contributed by atoms with Gasteiger partial charge in [0.2, 0.25) is 17.7 Å². The molecule has 9 nitrogen and oxygen atoms in total. The molecular weight excluding hydrogens is 400 g/mol. The largest absolute Gasteiger partial charge is 0.480 e. The molecule has 2 rings (SSSR count). The summed E-state index contributed by atoms with van der Waals surface area (Å²) in [5.41, 5.74) is 6.73. The molecule has 0 aromatic heterocycles. The van der Waals surface area contributed by atoms with Crippen LogP contribution in [0.2, 0.25) is 0 Å². The number of benzene rings is 2. The van der Waals surface area contributed by atoms with Gasteiger partial charge in [0.25, 0.3) is 0 Å². The van der Waals surface area contributed by atoms with Gasteiger partial charge in [-0.2, -0.15) is 0 Å². The second-order valence-corrected chi connectivity index (χ2v) is 6.88. The molecule has 31 heavy (non-hydrogen) atoms. The van der Waals surface area contributed by atoms with E-state index < -0.39 is 35.8 Å². The van der Waals surface area contributed by atoms with Gasteiger partial charge in [0.1, 0.15) is 12.1 Å². The molecule has 2 atom stereocenters. The van der Waals surface area contributed by atoms with Crippen LogP contribution in [-0.2, 0) is 32.0 Å². The standard InChI is InChI=1S/C22H26N4O5/c23-13-19(27)24-14-20(28)25-17(11-15-7-3-1-4-8-15)21(29)26-18(22(30)31)12-16-9-5-2-6-10-16/h1-10,17-18H,11-14,23H2,(H,24,27)(H,25,28)(H,26,29)(H,30,31)/t17-,18?/m1/s1. The van der Waals surface area contributed by atoms with E-state index in [-0.39, 0.29) is 25.9 Å². The molecule has 0 saturated carbocycles. The van der Waals surface area contributed by atoms with Crippen LogP contribution in [0.5, 0.6) is 0 Å². The number of carbonyl (C=O) groups is 4. The summed E-state index contributed by atoms with van der Waals surface area (Å²) in [6.45, 7) is -0.609. The number of rotatable bonds is 11. The number of nitrogens with one attached hydrogen (secondary N) is 3. The van der Waals surface area contributed by atoms with Gasteiger partial charge in [-0.25, -0.2) is 4.79 Å². The van der Waals surface area contributed by atoms with E-state index in [0.717, 1.165) is 11.1 Å². The van der Waals surface area contributed by atoms with Crippen LogP contribution < -0.4 is 21.7 Å². The number of carboxylic acids is 1. The number of nitrogens with two attached hydrogens (primary N) is 1. The molecule has 2 aromatic carbocycles. The zero-order chi connectivity index (χ0) is 22.6. The Morgan fingerprint density at radius 3 is 1.77 bits per heavy atom. The minimum absolute atomic E-state index is 0.0977. The molecule has 3 amide bonds. The summed E-state index contributed by atoms with van der Waals surface area (Å²) in [7, 11) is 0. The zero-order valence-corrected chi connectivity index (χ0v) is 16.9. The third-order valence-electron chi connectivity index (χ3n) is 4.46. The number of carboxylic acid groups (broad SMARTS) is 1. The van der Waals surface area contributed by atoms with Crippen molar-refractivity contribution in [1.82, 2.24) is 16.0 Å². The fraction of sp³-hybridized carbons (Fsp3) is 0.273. The lowest BCUT2D eigenvalue weighted by atomic mass is 10.0. The molecular formula is C22H26N4O5. The average Bonchev–Trinajstić information content (AvgIpc) is 2.77. The number of hydrogen-bond acceptors (Lipinski definition) is 5. The van der Waals surface area contributed by atoms with E-state index in [1.165, 1.54) is 0 Å². The van der Waals surface area contributed by atoms with E-state index >= 15 is 0 Å². The normalized spacial score (nSPS) is 12.3. The van der Waals surface area contributed by atoms with Crippen LogP contribution in [-0.4, -0.2) is 54.0 Å². The van der Waals surface area contributed by atoms with Crippen molar-refractivity contribution in [1.29, 1.82) is 0 Å². The molecule has 1 unspecified atom stereocenters. The lowest BCUT2D eigenvalue weighted by Gasteiger charge is -2.22. The Morgan fingerprint density at radius 2 is 1.29 bits per heavy atom. The quantitative estimate of drug-likeness (QED) is 0.330. The summed E-state index contributed by atoms with van der Waals surface area (Å²) < 4.78 is 0. The Bertz CT molecular complexity index is 889. The second kappa shape index (κ2) is 12.1. The molecule has 0 fully saturated rings. The third-order valence-corrected chi connectivity index (χ3v) is 4.46. The Hall–Kier alpha value is -3.72. The van der Waals surface area contributed by atoms with Crippen molar-refractivity contribution < 1.29 is 24.3 Å². The highest BCUT2D eigenvalue weighted by molar-refractivity contribution is 5.92. The van der Waals surface area contributed by atoms with Crippen LogP contribution in [0.4, 0.5) is 0 Å². The Kier molecular flexibility index (Phi) is 9.18. The Balaban J connectivity index is 2.10. The summed E-state index contributed by atoms with van der Waals surface area (Å²) in [5, 5.41) is 16.9. The number of amides is 3. The van der Waals surface area contributed by atoms with Crippen molar-refractivity contribution in [3.05, 3.63) is 71.8 Å². The van der Waals surface area contributed by atoms with Crippen LogP contribution >= 0.6 is 0 Å². The van der Waals surface area contributed by atoms with E-state index in [0.29, 0.717) is 0 Å². The molecule has 0 aliphatic carbocycles. The highest BCUT2D eigenvalue weighted by Crippen LogP contribution is 2.07. The molecule has 0 aliphatic rings. The maximum absolute atomic E-state index is 12.9. The monoisotopic (exact) mass is 426 g/mol. The first kappa shape index (κ1) is 23.6. The molecule has 164 valence electrons. The van der Waals surface area contributed by atoms with Gasteiger partial charge in [-0.3, -0.25) is 14.4 Å². The molecule has 0 saturated heterocycles. The van der Waals surface area contributed by atoms with Crippen LogP contribution in [0.3, 0.4) is 0 Å². The minimum atomic E-state index is -1.18. The van der Waals surface area contributed by atoms with E-state index in [1.807, 2.05) is 12.1 Å². The highest BCUT2D eigenvalue weighted by atomic mass is 16.4. The Labute approximate surface area is 180 Å². The average molecular weight is 426 g/mol. The summed E-state index contributed by atoms with van der Waals surface area (Å²) in [6.07, 6.45) is 0.251. The molecule has 9 heteroatoms. The van der Waals surface area contributed by atoms with Crippen LogP contribution in [0.15, 0.2) is 60.7 Å². The molecule has 0 radical (unpaired) electrons. The molecule has 6 N–H and O–H groups in total. The van der Waals surface area contributed by atoms with Crippen molar-refractivity contribution in [2.24, 2.45) is 5.73 Å². The first-order valence-electron chi connectivity index (χ1n) is 9.76. The Morgan fingerprint density at radius 1 is 0.774 bits per heavy atom. The molecule has 0 spiro atoms. The SMILES string of the molecule is NCC(=O)NCC(=O)N[C@H](Cc1ccccc1)C(=O)NC(Cc1ccccc1)C(=O)O. The van der Waals surface area contributed by atoms with E-state index in [4.69, 9.17) is 5.73 Å². The highest BCUT2D eigenvalue weighted by Gasteiger charge is 2.27. The second-order valence-electron chi connectivity index (χ2n) is 6.88. The van der Waals surface area contributed by atoms with E-state index in [9.17, 15) is 24.3 Å². The van der Waals surface area contributed by atoms with Crippen molar-refractivity contribution in [2.45, 2.75) is 24.9 Å². The van der Waals surface area contributed by atoms with Gasteiger partial charge in [0.15, 0.2) is 0 Å². The van der Waals surface area contributed by atoms with Crippen LogP contribution in [0.25, 0.3) is 0 Å². The third kappa shape index (κ3) is 8.27. The van der Waals surface area contributed by atoms with Gasteiger partial charge >= 0.3 is 5.97 Å². The summed E-state index contributed by atoms with van der Waals surface area (Å²) >= 11 is 0. The lowest BCUT2D eigenvalue weighted by Crippen LogP contribution is -2.54. The first-order valence-corrected chi connectivity index (χ1v) is 9.76. The van der Waals surface area contributed by atoms with Gasteiger partial charge in [0.05, 0.1) is 13.1 Å². The predicted octanol–water partition coefficient (Wildman–Crippen LogP) is -0.399. The first-order chi connectivity index (χ1) is 14.9. The van der Waals surface area contributed by atoms with Gasteiger partial charge < -0.3 is 26.8 Å².